The molecule has 4 atom stereocenters. The van der Waals surface area contributed by atoms with Crippen molar-refractivity contribution in [3.05, 3.63) is 22.7 Å². The van der Waals surface area contributed by atoms with Crippen molar-refractivity contribution < 1.29 is 23.4 Å². The minimum atomic E-state index is -3.38. The van der Waals surface area contributed by atoms with E-state index in [4.69, 9.17) is 36.1 Å². The van der Waals surface area contributed by atoms with Crippen molar-refractivity contribution >= 4 is 24.3 Å². The van der Waals surface area contributed by atoms with Crippen LogP contribution in [0.5, 0.6) is 0 Å². The van der Waals surface area contributed by atoms with Crippen molar-refractivity contribution in [1.29, 1.82) is 0 Å². The molecular weight excluding hydrogens is 357 g/mol. The monoisotopic (exact) mass is 381 g/mol. The Balaban J connectivity index is 2.92. The summed E-state index contributed by atoms with van der Waals surface area (Å²) in [6, 6.07) is 1.50. The van der Waals surface area contributed by atoms with Crippen LogP contribution in [0.15, 0.2) is 17.1 Å². The number of methoxy groups -OCH3 is 1. The highest BCUT2D eigenvalue weighted by molar-refractivity contribution is 8.07. The number of anilines is 1. The fraction of sp³-hybridized carbons (Fsp3) is 0.692. The fourth-order valence-electron chi connectivity index (χ4n) is 2.05. The molecule has 1 heterocycles. The molecule has 0 amide bonds. The third-order valence-corrected chi connectivity index (χ3v) is 4.97. The molecule has 0 aliphatic carbocycles. The van der Waals surface area contributed by atoms with Crippen LogP contribution in [0.2, 0.25) is 0 Å². The maximum Gasteiger partial charge on any atom is 0.351 e. The summed E-state index contributed by atoms with van der Waals surface area (Å²) in [5, 5.41) is 0. The van der Waals surface area contributed by atoms with Gasteiger partial charge in [-0.05, 0) is 31.2 Å². The van der Waals surface area contributed by atoms with E-state index < -0.39 is 30.8 Å². The second-order valence-electron chi connectivity index (χ2n) is 4.97. The highest BCUT2D eigenvalue weighted by Gasteiger charge is 2.30. The predicted molar refractivity (Wildman–Crippen MR) is 93.0 cm³/mol. The molecule has 138 valence electrons. The molecule has 1 aromatic rings. The van der Waals surface area contributed by atoms with E-state index in [0.29, 0.717) is 6.42 Å². The van der Waals surface area contributed by atoms with Gasteiger partial charge >= 0.3 is 12.4 Å². The molecule has 0 aliphatic heterocycles. The van der Waals surface area contributed by atoms with Gasteiger partial charge in [-0.15, -0.1) is 0 Å². The molecule has 24 heavy (non-hydrogen) atoms. The number of nitrogens with two attached hydrogens (primary N) is 1. The van der Waals surface area contributed by atoms with Gasteiger partial charge in [-0.2, -0.15) is 4.98 Å². The van der Waals surface area contributed by atoms with Gasteiger partial charge in [0.1, 0.15) is 18.1 Å². The molecule has 0 radical (unpaired) electrons. The molecule has 3 unspecified atom stereocenters. The highest BCUT2D eigenvalue weighted by Crippen LogP contribution is 2.45. The summed E-state index contributed by atoms with van der Waals surface area (Å²) in [5.74, 6) is 0.136. The Morgan fingerprint density at radius 2 is 2.12 bits per heavy atom. The Labute approximate surface area is 145 Å². The van der Waals surface area contributed by atoms with Crippen molar-refractivity contribution in [3.8, 4) is 0 Å². The van der Waals surface area contributed by atoms with Crippen LogP contribution in [-0.2, 0) is 30.3 Å². The van der Waals surface area contributed by atoms with Crippen molar-refractivity contribution in [1.82, 2.24) is 9.55 Å². The van der Waals surface area contributed by atoms with E-state index in [1.165, 1.54) is 31.0 Å². The summed E-state index contributed by atoms with van der Waals surface area (Å²) >= 11 is 4.88. The Morgan fingerprint density at radius 3 is 2.62 bits per heavy atom. The van der Waals surface area contributed by atoms with Crippen LogP contribution in [0.4, 0.5) is 5.82 Å². The zero-order valence-corrected chi connectivity index (χ0v) is 15.8. The smallest absolute Gasteiger partial charge is 0.351 e. The van der Waals surface area contributed by atoms with E-state index in [1.54, 1.807) is 6.92 Å². The fourth-order valence-corrected chi connectivity index (χ4v) is 3.01. The number of nitrogen functional groups attached to an aromatic ring is 1. The summed E-state index contributed by atoms with van der Waals surface area (Å²) in [5.41, 5.74) is 4.95. The van der Waals surface area contributed by atoms with E-state index >= 15 is 0 Å². The van der Waals surface area contributed by atoms with Crippen LogP contribution in [0.1, 0.15) is 26.5 Å². The van der Waals surface area contributed by atoms with Crippen LogP contribution in [-0.4, -0.2) is 47.5 Å². The summed E-state index contributed by atoms with van der Waals surface area (Å²) in [6.45, 7) is 0.327. The molecule has 0 fully saturated rings. The third kappa shape index (κ3) is 6.21. The summed E-state index contributed by atoms with van der Waals surface area (Å²) in [4.78, 5) is 25.4. The molecule has 0 saturated heterocycles. The topological polar surface area (TPSA) is 118 Å². The normalized spacial score (nSPS) is 17.9. The van der Waals surface area contributed by atoms with Gasteiger partial charge in [0, 0.05) is 20.4 Å². The average Bonchev–Trinajstić information content (AvgIpc) is 2.51. The highest BCUT2D eigenvalue weighted by atomic mass is 32.5. The number of rotatable bonds is 10. The van der Waals surface area contributed by atoms with Gasteiger partial charge in [-0.1, -0.05) is 6.92 Å². The summed E-state index contributed by atoms with van der Waals surface area (Å²) in [6.07, 6.45) is 0.260. The lowest BCUT2D eigenvalue weighted by Crippen LogP contribution is -2.37. The summed E-state index contributed by atoms with van der Waals surface area (Å²) in [7, 11) is 2.77. The molecule has 11 heteroatoms. The minimum Gasteiger partial charge on any atom is -0.383 e. The van der Waals surface area contributed by atoms with Crippen molar-refractivity contribution in [2.24, 2.45) is 0 Å². The van der Waals surface area contributed by atoms with Crippen molar-refractivity contribution in [3.63, 3.8) is 0 Å². The molecular formula is C13H24N3O6PS. The van der Waals surface area contributed by atoms with Crippen LogP contribution in [0.25, 0.3) is 0 Å². The third-order valence-electron chi connectivity index (χ3n) is 3.26. The largest absolute Gasteiger partial charge is 0.383 e. The predicted octanol–water partition coefficient (Wildman–Crippen LogP) is 1.03. The quantitative estimate of drug-likeness (QED) is 0.573. The van der Waals surface area contributed by atoms with Gasteiger partial charge in [0.2, 0.25) is 0 Å². The van der Waals surface area contributed by atoms with E-state index in [9.17, 15) is 9.69 Å². The number of hydrogen-bond acceptors (Lipinski definition) is 8. The molecule has 0 aliphatic rings. The first-order valence-electron chi connectivity index (χ1n) is 7.30. The molecule has 0 aromatic carbocycles. The number of hydrogen-bond donors (Lipinski definition) is 2. The van der Waals surface area contributed by atoms with E-state index in [-0.39, 0.29) is 12.4 Å². The first-order chi connectivity index (χ1) is 11.2. The Kier molecular flexibility index (Phi) is 8.44. The molecule has 1 rings (SSSR count). The minimum absolute atomic E-state index is 0.136. The Bertz CT molecular complexity index is 628. The summed E-state index contributed by atoms with van der Waals surface area (Å²) < 4.78 is 22.6. The lowest BCUT2D eigenvalue weighted by Gasteiger charge is -2.30. The number of aromatic nitrogens is 2. The molecule has 0 bridgehead atoms. The molecule has 3 N–H and O–H groups in total. The maximum atomic E-state index is 11.9. The van der Waals surface area contributed by atoms with Crippen molar-refractivity contribution in [2.45, 2.75) is 38.7 Å². The molecule has 1 aromatic heterocycles. The van der Waals surface area contributed by atoms with Gasteiger partial charge in [0.05, 0.1) is 12.7 Å². The van der Waals surface area contributed by atoms with E-state index in [0.717, 1.165) is 0 Å². The second-order valence-corrected chi connectivity index (χ2v) is 7.87. The van der Waals surface area contributed by atoms with Gasteiger partial charge in [0.25, 0.3) is 0 Å². The lowest BCUT2D eigenvalue weighted by molar-refractivity contribution is -0.110. The van der Waals surface area contributed by atoms with Crippen LogP contribution in [0.3, 0.4) is 0 Å². The van der Waals surface area contributed by atoms with Crippen LogP contribution < -0.4 is 11.4 Å². The maximum absolute atomic E-state index is 11.9. The molecule has 9 nitrogen and oxygen atoms in total. The lowest BCUT2D eigenvalue weighted by atomic mass is 10.1. The average molecular weight is 381 g/mol. The van der Waals surface area contributed by atoms with Crippen molar-refractivity contribution in [2.75, 3.05) is 26.6 Å². The number of ether oxygens (including phenoxy) is 2. The van der Waals surface area contributed by atoms with Crippen LogP contribution in [0, 0.1) is 0 Å². The number of nitrogens with zero attached hydrogens (tertiary/aromatic N) is 2. The zero-order valence-electron chi connectivity index (χ0n) is 14.1. The molecule has 0 saturated carbocycles. The SMILES string of the molecule is CC[C@H](OC(C)n1ccc(N)nc1=O)C(COC)OP(O)(=S)OC. The molecule has 0 spiro atoms. The van der Waals surface area contributed by atoms with Crippen LogP contribution >= 0.6 is 6.72 Å². The van der Waals surface area contributed by atoms with Gasteiger partial charge in [0.15, 0.2) is 0 Å². The second kappa shape index (κ2) is 9.57. The Morgan fingerprint density at radius 1 is 1.46 bits per heavy atom. The Hall–Kier alpha value is -0.870. The van der Waals surface area contributed by atoms with E-state index in [1.807, 2.05) is 6.92 Å². The van der Waals surface area contributed by atoms with Gasteiger partial charge in [-0.3, -0.25) is 4.57 Å². The first kappa shape index (κ1) is 21.2. The zero-order chi connectivity index (χ0) is 18.3. The standard InChI is InChI=1S/C13H24N3O6PS/c1-5-10(11(8-19-3)22-23(18,24)20-4)21-9(2)16-7-6-12(14)15-13(16)17/h6-7,9-11H,5,8H2,1-4H3,(H,18,24)(H2,14,15,17)/t9?,10-,11?,23?/m0/s1. The van der Waals surface area contributed by atoms with Gasteiger partial charge in [-0.25, -0.2) is 4.79 Å². The van der Waals surface area contributed by atoms with Gasteiger partial charge < -0.3 is 29.1 Å². The first-order valence-corrected chi connectivity index (χ1v) is 9.89. The van der Waals surface area contributed by atoms with E-state index in [2.05, 4.69) is 4.98 Å².